The number of benzene rings is 1. The quantitative estimate of drug-likeness (QED) is 0.924. The molecule has 2 aromatic rings. The number of nitrogens with one attached hydrogen (secondary N) is 1. The fourth-order valence-corrected chi connectivity index (χ4v) is 3.04. The summed E-state index contributed by atoms with van der Waals surface area (Å²) >= 11 is 5.84. The van der Waals surface area contributed by atoms with Gasteiger partial charge in [0.1, 0.15) is 5.82 Å². The van der Waals surface area contributed by atoms with Gasteiger partial charge in [-0.3, -0.25) is 9.78 Å². The molecule has 1 saturated heterocycles. The van der Waals surface area contributed by atoms with Gasteiger partial charge in [-0.15, -0.1) is 0 Å². The maximum atomic E-state index is 13.3. The minimum Gasteiger partial charge on any atom is -0.369 e. The molecule has 1 amide bonds. The van der Waals surface area contributed by atoms with E-state index in [4.69, 9.17) is 11.6 Å². The Bertz CT molecular complexity index is 736. The summed E-state index contributed by atoms with van der Waals surface area (Å²) in [6.07, 6.45) is 2.91. The molecule has 1 aromatic heterocycles. The molecule has 1 fully saturated rings. The van der Waals surface area contributed by atoms with Crippen LogP contribution < -0.4 is 10.2 Å². The lowest BCUT2D eigenvalue weighted by molar-refractivity contribution is -0.121. The van der Waals surface area contributed by atoms with Crippen LogP contribution in [0.4, 0.5) is 10.1 Å². The molecule has 24 heavy (non-hydrogen) atoms. The summed E-state index contributed by atoms with van der Waals surface area (Å²) in [6.45, 7) is 3.41. The van der Waals surface area contributed by atoms with Crippen molar-refractivity contribution in [3.8, 4) is 0 Å². The van der Waals surface area contributed by atoms with Gasteiger partial charge in [-0.05, 0) is 43.2 Å². The predicted molar refractivity (Wildman–Crippen MR) is 92.8 cm³/mol. The van der Waals surface area contributed by atoms with Crippen molar-refractivity contribution in [2.45, 2.75) is 25.8 Å². The molecule has 3 rings (SSSR count). The molecule has 1 atom stereocenters. The number of carbonyl (C=O) groups is 1. The minimum atomic E-state index is -0.420. The van der Waals surface area contributed by atoms with E-state index in [0.717, 1.165) is 29.9 Å². The van der Waals surface area contributed by atoms with Crippen LogP contribution in [0.2, 0.25) is 5.02 Å². The van der Waals surface area contributed by atoms with Crippen LogP contribution in [-0.2, 0) is 11.2 Å². The minimum absolute atomic E-state index is 0.00959. The standard InChI is InChI=1S/C18H19ClFN3O/c1-12-2-3-13(10-21-12)8-18(24)22-14-6-7-23(11-14)15-4-5-17(20)16(19)9-15/h2-5,9-10,14H,6-8,11H2,1H3,(H,22,24). The number of hydrogen-bond donors (Lipinski definition) is 1. The van der Waals surface area contributed by atoms with Crippen molar-refractivity contribution in [3.05, 3.63) is 58.6 Å². The summed E-state index contributed by atoms with van der Waals surface area (Å²) in [6, 6.07) is 8.61. The number of aromatic nitrogens is 1. The zero-order valence-corrected chi connectivity index (χ0v) is 14.2. The number of anilines is 1. The summed E-state index contributed by atoms with van der Waals surface area (Å²) in [5.74, 6) is -0.430. The Kier molecular flexibility index (Phi) is 5.00. The smallest absolute Gasteiger partial charge is 0.224 e. The van der Waals surface area contributed by atoms with Crippen LogP contribution in [0, 0.1) is 12.7 Å². The third-order valence-electron chi connectivity index (χ3n) is 4.16. The topological polar surface area (TPSA) is 45.2 Å². The first kappa shape index (κ1) is 16.7. The average Bonchev–Trinajstić information content (AvgIpc) is 3.00. The number of amides is 1. The van der Waals surface area contributed by atoms with Gasteiger partial charge in [0.05, 0.1) is 11.4 Å². The van der Waals surface area contributed by atoms with E-state index >= 15 is 0 Å². The van der Waals surface area contributed by atoms with E-state index in [2.05, 4.69) is 15.2 Å². The monoisotopic (exact) mass is 347 g/mol. The van der Waals surface area contributed by atoms with Gasteiger partial charge >= 0.3 is 0 Å². The van der Waals surface area contributed by atoms with Gasteiger partial charge in [0.25, 0.3) is 0 Å². The van der Waals surface area contributed by atoms with Crippen LogP contribution in [0.3, 0.4) is 0 Å². The highest BCUT2D eigenvalue weighted by Gasteiger charge is 2.24. The highest BCUT2D eigenvalue weighted by atomic mass is 35.5. The van der Waals surface area contributed by atoms with Crippen molar-refractivity contribution in [1.29, 1.82) is 0 Å². The molecule has 2 heterocycles. The van der Waals surface area contributed by atoms with Gasteiger partial charge in [-0.25, -0.2) is 4.39 Å². The molecular formula is C18H19ClFN3O. The molecule has 0 radical (unpaired) electrons. The highest BCUT2D eigenvalue weighted by molar-refractivity contribution is 6.31. The molecule has 0 saturated carbocycles. The summed E-state index contributed by atoms with van der Waals surface area (Å²) in [7, 11) is 0. The molecule has 1 aromatic carbocycles. The Morgan fingerprint density at radius 2 is 2.25 bits per heavy atom. The molecule has 1 N–H and O–H groups in total. The van der Waals surface area contributed by atoms with Gasteiger partial charge in [-0.1, -0.05) is 17.7 Å². The maximum absolute atomic E-state index is 13.3. The van der Waals surface area contributed by atoms with Gasteiger partial charge in [-0.2, -0.15) is 0 Å². The zero-order chi connectivity index (χ0) is 17.1. The van der Waals surface area contributed by atoms with Gasteiger partial charge in [0.15, 0.2) is 0 Å². The third-order valence-corrected chi connectivity index (χ3v) is 4.45. The van der Waals surface area contributed by atoms with E-state index < -0.39 is 5.82 Å². The number of aryl methyl sites for hydroxylation is 1. The predicted octanol–water partition coefficient (Wildman–Crippen LogP) is 3.12. The second kappa shape index (κ2) is 7.18. The van der Waals surface area contributed by atoms with Crippen molar-refractivity contribution in [2.75, 3.05) is 18.0 Å². The third kappa shape index (κ3) is 4.03. The average molecular weight is 348 g/mol. The number of nitrogens with zero attached hydrogens (tertiary/aromatic N) is 2. The van der Waals surface area contributed by atoms with Crippen molar-refractivity contribution in [2.24, 2.45) is 0 Å². The first-order chi connectivity index (χ1) is 11.5. The first-order valence-electron chi connectivity index (χ1n) is 7.92. The Balaban J connectivity index is 1.54. The molecule has 0 bridgehead atoms. The van der Waals surface area contributed by atoms with Crippen molar-refractivity contribution in [1.82, 2.24) is 10.3 Å². The van der Waals surface area contributed by atoms with Crippen molar-refractivity contribution in [3.63, 3.8) is 0 Å². The number of pyridine rings is 1. The van der Waals surface area contributed by atoms with E-state index in [1.54, 1.807) is 18.3 Å². The van der Waals surface area contributed by atoms with Crippen LogP contribution in [0.15, 0.2) is 36.5 Å². The van der Waals surface area contributed by atoms with Crippen LogP contribution in [0.1, 0.15) is 17.7 Å². The Morgan fingerprint density at radius 1 is 1.42 bits per heavy atom. The van der Waals surface area contributed by atoms with E-state index in [-0.39, 0.29) is 17.0 Å². The van der Waals surface area contributed by atoms with Crippen LogP contribution >= 0.6 is 11.6 Å². The molecule has 6 heteroatoms. The summed E-state index contributed by atoms with van der Waals surface area (Å²) in [5.41, 5.74) is 2.71. The lowest BCUT2D eigenvalue weighted by Gasteiger charge is -2.19. The first-order valence-corrected chi connectivity index (χ1v) is 8.30. The summed E-state index contributed by atoms with van der Waals surface area (Å²) in [5, 5.41) is 3.17. The van der Waals surface area contributed by atoms with E-state index in [0.29, 0.717) is 13.0 Å². The molecule has 0 spiro atoms. The van der Waals surface area contributed by atoms with E-state index in [1.807, 2.05) is 19.1 Å². The van der Waals surface area contributed by atoms with Crippen LogP contribution in [0.5, 0.6) is 0 Å². The molecule has 0 aliphatic carbocycles. The molecule has 1 aliphatic rings. The fourth-order valence-electron chi connectivity index (χ4n) is 2.86. The molecular weight excluding hydrogens is 329 g/mol. The summed E-state index contributed by atoms with van der Waals surface area (Å²) in [4.78, 5) is 18.5. The van der Waals surface area contributed by atoms with Crippen LogP contribution in [-0.4, -0.2) is 30.0 Å². The maximum Gasteiger partial charge on any atom is 0.224 e. The Labute approximate surface area is 145 Å². The second-order valence-electron chi connectivity index (χ2n) is 6.08. The highest BCUT2D eigenvalue weighted by Crippen LogP contribution is 2.25. The number of hydrogen-bond acceptors (Lipinski definition) is 3. The molecule has 126 valence electrons. The molecule has 1 unspecified atom stereocenters. The largest absolute Gasteiger partial charge is 0.369 e. The zero-order valence-electron chi connectivity index (χ0n) is 13.4. The van der Waals surface area contributed by atoms with Crippen molar-refractivity contribution < 1.29 is 9.18 Å². The summed E-state index contributed by atoms with van der Waals surface area (Å²) < 4.78 is 13.3. The van der Waals surface area contributed by atoms with E-state index in [1.165, 1.54) is 6.07 Å². The number of rotatable bonds is 4. The lowest BCUT2D eigenvalue weighted by Crippen LogP contribution is -2.38. The lowest BCUT2D eigenvalue weighted by atomic mass is 10.1. The van der Waals surface area contributed by atoms with Gasteiger partial charge in [0, 0.05) is 36.7 Å². The Morgan fingerprint density at radius 3 is 2.96 bits per heavy atom. The van der Waals surface area contributed by atoms with Crippen molar-refractivity contribution >= 4 is 23.2 Å². The van der Waals surface area contributed by atoms with Gasteiger partial charge in [0.2, 0.25) is 5.91 Å². The fraction of sp³-hybridized carbons (Fsp3) is 0.333. The van der Waals surface area contributed by atoms with Gasteiger partial charge < -0.3 is 10.2 Å². The molecule has 1 aliphatic heterocycles. The SMILES string of the molecule is Cc1ccc(CC(=O)NC2CCN(c3ccc(F)c(Cl)c3)C2)cn1. The normalized spacial score (nSPS) is 17.1. The van der Waals surface area contributed by atoms with Crippen LogP contribution in [0.25, 0.3) is 0 Å². The molecule has 4 nitrogen and oxygen atoms in total. The number of halogens is 2. The Hall–Kier alpha value is -2.14. The second-order valence-corrected chi connectivity index (χ2v) is 6.49. The number of carbonyl (C=O) groups excluding carboxylic acids is 1. The van der Waals surface area contributed by atoms with E-state index in [9.17, 15) is 9.18 Å².